The Morgan fingerprint density at radius 1 is 1.39 bits per heavy atom. The zero-order chi connectivity index (χ0) is 12.5. The second kappa shape index (κ2) is 4.91. The lowest BCUT2D eigenvalue weighted by molar-refractivity contribution is 0.0831. The Kier molecular flexibility index (Phi) is 3.27. The second-order valence-corrected chi connectivity index (χ2v) is 5.58. The minimum absolute atomic E-state index is 0.249. The molecule has 1 saturated heterocycles. The maximum Gasteiger partial charge on any atom is 0.234 e. The molecule has 3 heterocycles. The van der Waals surface area contributed by atoms with Gasteiger partial charge < -0.3 is 10.1 Å². The van der Waals surface area contributed by atoms with E-state index in [4.69, 9.17) is 4.74 Å². The lowest BCUT2D eigenvalue weighted by atomic mass is 10.00. The van der Waals surface area contributed by atoms with Gasteiger partial charge in [-0.25, -0.2) is 0 Å². The molecule has 0 bridgehead atoms. The van der Waals surface area contributed by atoms with E-state index in [-0.39, 0.29) is 6.04 Å². The van der Waals surface area contributed by atoms with Crippen LogP contribution in [0.4, 0.5) is 0 Å². The first-order valence-electron chi connectivity index (χ1n) is 6.26. The molecule has 1 N–H and O–H groups in total. The summed E-state index contributed by atoms with van der Waals surface area (Å²) in [6, 6.07) is 0.249. The molecule has 0 aliphatic carbocycles. The highest BCUT2D eigenvalue weighted by atomic mass is 32.1. The highest BCUT2D eigenvalue weighted by Gasteiger charge is 2.23. The standard InChI is InChI=1S/C11H17N5OS/c1-7(12-2)10-15-16-9(13-14-11(16)18-10)8-3-5-17-6-4-8/h7-8,12H,3-6H2,1-2H3. The fourth-order valence-electron chi connectivity index (χ4n) is 2.16. The molecule has 1 aliphatic rings. The van der Waals surface area contributed by atoms with Crippen LogP contribution < -0.4 is 5.32 Å². The van der Waals surface area contributed by atoms with Crippen LogP contribution in [0.15, 0.2) is 0 Å². The molecule has 0 spiro atoms. The molecule has 0 amide bonds. The van der Waals surface area contributed by atoms with Crippen molar-refractivity contribution >= 4 is 16.3 Å². The van der Waals surface area contributed by atoms with Crippen molar-refractivity contribution in [3.8, 4) is 0 Å². The van der Waals surface area contributed by atoms with Crippen LogP contribution in [0.1, 0.15) is 42.6 Å². The largest absolute Gasteiger partial charge is 0.381 e. The molecule has 7 heteroatoms. The first-order valence-corrected chi connectivity index (χ1v) is 7.08. The Bertz CT molecular complexity index is 531. The van der Waals surface area contributed by atoms with Gasteiger partial charge in [0.15, 0.2) is 5.82 Å². The highest BCUT2D eigenvalue weighted by Crippen LogP contribution is 2.28. The van der Waals surface area contributed by atoms with Crippen molar-refractivity contribution in [2.45, 2.75) is 31.7 Å². The number of hydrogen-bond donors (Lipinski definition) is 1. The predicted octanol–water partition coefficient (Wildman–Crippen LogP) is 1.36. The number of aromatic nitrogens is 4. The van der Waals surface area contributed by atoms with Crippen molar-refractivity contribution in [2.75, 3.05) is 20.3 Å². The molecule has 1 fully saturated rings. The van der Waals surface area contributed by atoms with E-state index in [0.29, 0.717) is 5.92 Å². The summed E-state index contributed by atoms with van der Waals surface area (Å²) in [6.07, 6.45) is 2.02. The Morgan fingerprint density at radius 3 is 2.89 bits per heavy atom. The summed E-state index contributed by atoms with van der Waals surface area (Å²) < 4.78 is 7.29. The highest BCUT2D eigenvalue weighted by molar-refractivity contribution is 7.16. The van der Waals surface area contributed by atoms with Gasteiger partial charge in [-0.2, -0.15) is 9.61 Å². The zero-order valence-corrected chi connectivity index (χ0v) is 11.4. The van der Waals surface area contributed by atoms with Crippen LogP contribution in [0.2, 0.25) is 0 Å². The summed E-state index contributed by atoms with van der Waals surface area (Å²) in [6.45, 7) is 3.72. The summed E-state index contributed by atoms with van der Waals surface area (Å²) in [5.41, 5.74) is 0. The van der Waals surface area contributed by atoms with Crippen molar-refractivity contribution in [3.05, 3.63) is 10.8 Å². The molecular formula is C11H17N5OS. The lowest BCUT2D eigenvalue weighted by Gasteiger charge is -2.19. The molecule has 2 aromatic rings. The number of hydrogen-bond acceptors (Lipinski definition) is 6. The maximum absolute atomic E-state index is 5.39. The molecule has 18 heavy (non-hydrogen) atoms. The molecule has 0 saturated carbocycles. The van der Waals surface area contributed by atoms with Gasteiger partial charge in [-0.15, -0.1) is 10.2 Å². The summed E-state index contributed by atoms with van der Waals surface area (Å²) >= 11 is 1.60. The van der Waals surface area contributed by atoms with Crippen LogP contribution in [0, 0.1) is 0 Å². The second-order valence-electron chi connectivity index (χ2n) is 4.59. The molecule has 98 valence electrons. The lowest BCUT2D eigenvalue weighted by Crippen LogP contribution is -2.17. The van der Waals surface area contributed by atoms with E-state index in [1.54, 1.807) is 11.3 Å². The van der Waals surface area contributed by atoms with Crippen molar-refractivity contribution < 1.29 is 4.74 Å². The Morgan fingerprint density at radius 2 is 2.17 bits per heavy atom. The Balaban J connectivity index is 1.94. The fraction of sp³-hybridized carbons (Fsp3) is 0.727. The zero-order valence-electron chi connectivity index (χ0n) is 10.6. The molecule has 3 rings (SSSR count). The van der Waals surface area contributed by atoms with E-state index in [9.17, 15) is 0 Å². The van der Waals surface area contributed by atoms with E-state index in [1.165, 1.54) is 0 Å². The van der Waals surface area contributed by atoms with Gasteiger partial charge in [-0.05, 0) is 26.8 Å². The SMILES string of the molecule is CNC(C)c1nn2c(C3CCOCC3)nnc2s1. The van der Waals surface area contributed by atoms with Crippen molar-refractivity contribution in [2.24, 2.45) is 0 Å². The first-order chi connectivity index (χ1) is 8.79. The van der Waals surface area contributed by atoms with Gasteiger partial charge in [-0.1, -0.05) is 11.3 Å². The minimum Gasteiger partial charge on any atom is -0.381 e. The molecule has 0 aromatic carbocycles. The van der Waals surface area contributed by atoms with Crippen LogP contribution in [-0.4, -0.2) is 40.1 Å². The fourth-order valence-corrected chi connectivity index (χ4v) is 3.06. The summed E-state index contributed by atoms with van der Waals surface area (Å²) in [7, 11) is 1.94. The number of rotatable bonds is 3. The normalized spacial score (nSPS) is 19.4. The van der Waals surface area contributed by atoms with E-state index >= 15 is 0 Å². The molecule has 2 aromatic heterocycles. The van der Waals surface area contributed by atoms with E-state index < -0.39 is 0 Å². The Labute approximate surface area is 109 Å². The maximum atomic E-state index is 5.39. The van der Waals surface area contributed by atoms with Crippen LogP contribution in [0.3, 0.4) is 0 Å². The van der Waals surface area contributed by atoms with Crippen molar-refractivity contribution in [1.82, 2.24) is 25.1 Å². The third-order valence-corrected chi connectivity index (χ3v) is 4.50. The van der Waals surface area contributed by atoms with Gasteiger partial charge in [-0.3, -0.25) is 0 Å². The molecule has 6 nitrogen and oxygen atoms in total. The molecule has 1 unspecified atom stereocenters. The van der Waals surface area contributed by atoms with Crippen LogP contribution in [0.25, 0.3) is 4.96 Å². The number of nitrogens with zero attached hydrogens (tertiary/aromatic N) is 4. The van der Waals surface area contributed by atoms with Gasteiger partial charge in [0.2, 0.25) is 4.96 Å². The third kappa shape index (κ3) is 2.02. The number of nitrogens with one attached hydrogen (secondary N) is 1. The minimum atomic E-state index is 0.249. The summed E-state index contributed by atoms with van der Waals surface area (Å²) in [5.74, 6) is 1.41. The Hall–Kier alpha value is -1.05. The quantitative estimate of drug-likeness (QED) is 0.909. The smallest absolute Gasteiger partial charge is 0.234 e. The van der Waals surface area contributed by atoms with Crippen LogP contribution in [0.5, 0.6) is 0 Å². The van der Waals surface area contributed by atoms with E-state index in [2.05, 4.69) is 27.5 Å². The topological polar surface area (TPSA) is 64.3 Å². The molecule has 1 atom stereocenters. The molecule has 0 radical (unpaired) electrons. The summed E-state index contributed by atoms with van der Waals surface area (Å²) in [4.78, 5) is 0.883. The molecular weight excluding hydrogens is 250 g/mol. The van der Waals surface area contributed by atoms with Crippen LogP contribution >= 0.6 is 11.3 Å². The van der Waals surface area contributed by atoms with Gasteiger partial charge >= 0.3 is 0 Å². The first kappa shape index (κ1) is 12.0. The number of fused-ring (bicyclic) bond motifs is 1. The van der Waals surface area contributed by atoms with Crippen molar-refractivity contribution in [3.63, 3.8) is 0 Å². The average molecular weight is 267 g/mol. The van der Waals surface area contributed by atoms with Gasteiger partial charge in [0.25, 0.3) is 0 Å². The average Bonchev–Trinajstić information content (AvgIpc) is 2.98. The van der Waals surface area contributed by atoms with Gasteiger partial charge in [0.1, 0.15) is 5.01 Å². The third-order valence-electron chi connectivity index (χ3n) is 3.42. The predicted molar refractivity (Wildman–Crippen MR) is 68.9 cm³/mol. The van der Waals surface area contributed by atoms with Gasteiger partial charge in [0.05, 0.1) is 6.04 Å². The molecule has 1 aliphatic heterocycles. The van der Waals surface area contributed by atoms with Gasteiger partial charge in [0, 0.05) is 19.1 Å². The monoisotopic (exact) mass is 267 g/mol. The van der Waals surface area contributed by atoms with E-state index in [0.717, 1.165) is 41.8 Å². The summed E-state index contributed by atoms with van der Waals surface area (Å²) in [5, 5.41) is 17.4. The van der Waals surface area contributed by atoms with Crippen molar-refractivity contribution in [1.29, 1.82) is 0 Å². The van der Waals surface area contributed by atoms with Crippen LogP contribution in [-0.2, 0) is 4.74 Å². The number of ether oxygens (including phenoxy) is 1. The van der Waals surface area contributed by atoms with E-state index in [1.807, 2.05) is 11.6 Å².